The minimum absolute atomic E-state index is 0.0766. The summed E-state index contributed by atoms with van der Waals surface area (Å²) < 4.78 is 10.7. The first kappa shape index (κ1) is 17.5. The van der Waals surface area contributed by atoms with Gasteiger partial charge >= 0.3 is 0 Å². The van der Waals surface area contributed by atoms with Crippen molar-refractivity contribution in [1.29, 1.82) is 0 Å². The number of hydrogen-bond acceptors (Lipinski definition) is 5. The fourth-order valence-electron chi connectivity index (χ4n) is 2.63. The first-order chi connectivity index (χ1) is 12.6. The Bertz CT molecular complexity index is 903. The highest BCUT2D eigenvalue weighted by Crippen LogP contribution is 2.36. The number of phenolic OH excluding ortho intramolecular Hbond substituents is 1. The maximum Gasteiger partial charge on any atom is 0.273 e. The number of nitrogens with one attached hydrogen (secondary N) is 1. The highest BCUT2D eigenvalue weighted by molar-refractivity contribution is 5.93. The van der Waals surface area contributed by atoms with E-state index in [9.17, 15) is 9.90 Å². The molecule has 6 nitrogen and oxygen atoms in total. The number of nitrogens with zero attached hydrogens (tertiary/aromatic N) is 1. The minimum Gasteiger partial charge on any atom is -0.504 e. The molecule has 0 radical (unpaired) electrons. The van der Waals surface area contributed by atoms with Crippen molar-refractivity contribution < 1.29 is 19.1 Å². The molecule has 134 valence electrons. The first-order valence-corrected chi connectivity index (χ1v) is 8.26. The smallest absolute Gasteiger partial charge is 0.273 e. The number of rotatable bonds is 6. The fourth-order valence-corrected chi connectivity index (χ4v) is 2.63. The van der Waals surface area contributed by atoms with Gasteiger partial charge in [-0.1, -0.05) is 36.4 Å². The summed E-state index contributed by atoms with van der Waals surface area (Å²) in [6.07, 6.45) is 0.729. The highest BCUT2D eigenvalue weighted by Gasteiger charge is 2.20. The van der Waals surface area contributed by atoms with E-state index >= 15 is 0 Å². The number of aromatic nitrogens is 1. The molecule has 0 saturated carbocycles. The molecule has 0 aliphatic carbocycles. The molecular formula is C20H20N2O4. The lowest BCUT2D eigenvalue weighted by atomic mass is 10.1. The van der Waals surface area contributed by atoms with Crippen LogP contribution in [-0.2, 0) is 6.42 Å². The van der Waals surface area contributed by atoms with Crippen LogP contribution in [0.5, 0.6) is 11.5 Å². The molecule has 2 N–H and O–H groups in total. The number of benzene rings is 2. The van der Waals surface area contributed by atoms with Crippen LogP contribution in [-0.4, -0.2) is 29.7 Å². The number of methoxy groups -OCH3 is 1. The molecule has 1 heterocycles. The quantitative estimate of drug-likeness (QED) is 0.711. The van der Waals surface area contributed by atoms with Gasteiger partial charge in [0.1, 0.15) is 5.76 Å². The van der Waals surface area contributed by atoms with Gasteiger partial charge in [-0.15, -0.1) is 0 Å². The van der Waals surface area contributed by atoms with Gasteiger partial charge < -0.3 is 19.6 Å². The van der Waals surface area contributed by atoms with E-state index in [2.05, 4.69) is 10.3 Å². The van der Waals surface area contributed by atoms with Crippen molar-refractivity contribution in [2.75, 3.05) is 13.7 Å². The zero-order chi connectivity index (χ0) is 18.5. The molecule has 0 saturated heterocycles. The Morgan fingerprint density at radius 3 is 2.69 bits per heavy atom. The molecule has 3 rings (SSSR count). The standard InChI is InChI=1S/C20H20N2O4/c1-13-17(19(24)21-12-11-14-7-4-3-5-8-14)22-20(26-13)15-9-6-10-16(25-2)18(15)23/h3-10,23H,11-12H2,1-2H3,(H,21,24). The molecule has 3 aromatic rings. The van der Waals surface area contributed by atoms with Crippen LogP contribution >= 0.6 is 0 Å². The van der Waals surface area contributed by atoms with Gasteiger partial charge in [-0.05, 0) is 31.0 Å². The highest BCUT2D eigenvalue weighted by atomic mass is 16.5. The molecule has 0 aliphatic rings. The van der Waals surface area contributed by atoms with Crippen molar-refractivity contribution in [3.05, 3.63) is 65.5 Å². The van der Waals surface area contributed by atoms with Crippen LogP contribution in [0.4, 0.5) is 0 Å². The van der Waals surface area contributed by atoms with E-state index in [-0.39, 0.29) is 23.2 Å². The number of aryl methyl sites for hydroxylation is 1. The molecule has 0 aliphatic heterocycles. The Morgan fingerprint density at radius 2 is 1.96 bits per heavy atom. The average molecular weight is 352 g/mol. The Hall–Kier alpha value is -3.28. The largest absolute Gasteiger partial charge is 0.504 e. The second kappa shape index (κ2) is 7.74. The number of phenols is 1. The Balaban J connectivity index is 1.73. The second-order valence-electron chi connectivity index (χ2n) is 5.77. The Kier molecular flexibility index (Phi) is 5.22. The van der Waals surface area contributed by atoms with Crippen LogP contribution in [0.25, 0.3) is 11.5 Å². The van der Waals surface area contributed by atoms with Crippen molar-refractivity contribution in [3.8, 4) is 23.0 Å². The maximum absolute atomic E-state index is 12.4. The third-order valence-electron chi connectivity index (χ3n) is 4.00. The molecule has 26 heavy (non-hydrogen) atoms. The lowest BCUT2D eigenvalue weighted by Gasteiger charge is -2.05. The van der Waals surface area contributed by atoms with Crippen LogP contribution in [0.2, 0.25) is 0 Å². The van der Waals surface area contributed by atoms with E-state index in [0.29, 0.717) is 23.6 Å². The predicted octanol–water partition coefficient (Wildman–Crippen LogP) is 3.34. The van der Waals surface area contributed by atoms with Gasteiger partial charge in [-0.3, -0.25) is 4.79 Å². The molecule has 0 bridgehead atoms. The lowest BCUT2D eigenvalue weighted by molar-refractivity contribution is 0.0948. The van der Waals surface area contributed by atoms with E-state index in [0.717, 1.165) is 12.0 Å². The monoisotopic (exact) mass is 352 g/mol. The normalized spacial score (nSPS) is 10.5. The van der Waals surface area contributed by atoms with Crippen molar-refractivity contribution in [1.82, 2.24) is 10.3 Å². The lowest BCUT2D eigenvalue weighted by Crippen LogP contribution is -2.26. The molecule has 0 atom stereocenters. The maximum atomic E-state index is 12.4. The first-order valence-electron chi connectivity index (χ1n) is 8.26. The number of carbonyl (C=O) groups excluding carboxylic acids is 1. The van der Waals surface area contributed by atoms with E-state index < -0.39 is 0 Å². The average Bonchev–Trinajstić information content (AvgIpc) is 3.04. The van der Waals surface area contributed by atoms with Crippen molar-refractivity contribution in [3.63, 3.8) is 0 Å². The summed E-state index contributed by atoms with van der Waals surface area (Å²) in [7, 11) is 1.46. The molecule has 6 heteroatoms. The zero-order valence-electron chi connectivity index (χ0n) is 14.7. The third-order valence-corrected chi connectivity index (χ3v) is 4.00. The van der Waals surface area contributed by atoms with Crippen LogP contribution < -0.4 is 10.1 Å². The van der Waals surface area contributed by atoms with Crippen LogP contribution in [0, 0.1) is 6.92 Å². The zero-order valence-corrected chi connectivity index (χ0v) is 14.7. The van der Waals surface area contributed by atoms with Crippen molar-refractivity contribution in [2.24, 2.45) is 0 Å². The number of aromatic hydroxyl groups is 1. The van der Waals surface area contributed by atoms with Gasteiger partial charge in [0.25, 0.3) is 5.91 Å². The number of amides is 1. The number of hydrogen-bond donors (Lipinski definition) is 2. The second-order valence-corrected chi connectivity index (χ2v) is 5.77. The molecule has 2 aromatic carbocycles. The van der Waals surface area contributed by atoms with Gasteiger partial charge in [-0.2, -0.15) is 0 Å². The van der Waals surface area contributed by atoms with Gasteiger partial charge in [0.2, 0.25) is 5.89 Å². The van der Waals surface area contributed by atoms with Crippen LogP contribution in [0.3, 0.4) is 0 Å². The van der Waals surface area contributed by atoms with Gasteiger partial charge in [0.15, 0.2) is 17.2 Å². The number of carbonyl (C=O) groups is 1. The van der Waals surface area contributed by atoms with E-state index in [1.165, 1.54) is 7.11 Å². The van der Waals surface area contributed by atoms with Gasteiger partial charge in [-0.25, -0.2) is 4.98 Å². The summed E-state index contributed by atoms with van der Waals surface area (Å²) in [4.78, 5) is 16.6. The summed E-state index contributed by atoms with van der Waals surface area (Å²) in [5.74, 6) is 0.488. The van der Waals surface area contributed by atoms with Crippen LogP contribution in [0.15, 0.2) is 52.9 Å². The Labute approximate surface area is 151 Å². The number of oxazole rings is 1. The van der Waals surface area contributed by atoms with Crippen LogP contribution in [0.1, 0.15) is 21.8 Å². The predicted molar refractivity (Wildman–Crippen MR) is 97.4 cm³/mol. The third kappa shape index (κ3) is 3.69. The van der Waals surface area contributed by atoms with E-state index in [1.54, 1.807) is 25.1 Å². The summed E-state index contributed by atoms with van der Waals surface area (Å²) >= 11 is 0. The fraction of sp³-hybridized carbons (Fsp3) is 0.200. The van der Waals surface area contributed by atoms with Crippen molar-refractivity contribution >= 4 is 5.91 Å². The summed E-state index contributed by atoms with van der Waals surface area (Å²) in [5.41, 5.74) is 1.72. The molecule has 1 aromatic heterocycles. The van der Waals surface area contributed by atoms with Gasteiger partial charge in [0.05, 0.1) is 12.7 Å². The molecule has 0 fully saturated rings. The van der Waals surface area contributed by atoms with Crippen molar-refractivity contribution in [2.45, 2.75) is 13.3 Å². The SMILES string of the molecule is COc1cccc(-c2nc(C(=O)NCCc3ccccc3)c(C)o2)c1O. The Morgan fingerprint density at radius 1 is 1.19 bits per heavy atom. The van der Waals surface area contributed by atoms with E-state index in [1.807, 2.05) is 30.3 Å². The summed E-state index contributed by atoms with van der Waals surface area (Å²) in [6.45, 7) is 2.16. The molecule has 0 unspecified atom stereocenters. The van der Waals surface area contributed by atoms with Gasteiger partial charge in [0, 0.05) is 6.54 Å². The minimum atomic E-state index is -0.309. The number of para-hydroxylation sites is 1. The molecule has 1 amide bonds. The molecule has 0 spiro atoms. The van der Waals surface area contributed by atoms with E-state index in [4.69, 9.17) is 9.15 Å². The number of ether oxygens (including phenoxy) is 1. The topological polar surface area (TPSA) is 84.6 Å². The summed E-state index contributed by atoms with van der Waals surface area (Å²) in [5, 5.41) is 13.1. The summed E-state index contributed by atoms with van der Waals surface area (Å²) in [6, 6.07) is 14.9. The molecular weight excluding hydrogens is 332 g/mol.